The minimum Gasteiger partial charge on any atom is -0.480 e. The first-order valence-corrected chi connectivity index (χ1v) is 11.7. The number of hydrogen-bond acceptors (Lipinski definition) is 5. The van der Waals surface area contributed by atoms with Crippen LogP contribution >= 0.6 is 15.9 Å². The molecule has 1 atom stereocenters. The average Bonchev–Trinajstić information content (AvgIpc) is 3.18. The molecule has 1 aromatic heterocycles. The fourth-order valence-electron chi connectivity index (χ4n) is 3.42. The molecule has 9 heteroatoms. The minimum atomic E-state index is -0.925. The number of aromatic nitrogens is 1. The molecule has 0 fully saturated rings. The van der Waals surface area contributed by atoms with Crippen molar-refractivity contribution in [1.29, 1.82) is 0 Å². The number of non-ortho nitro benzene ring substituents is 1. The summed E-state index contributed by atoms with van der Waals surface area (Å²) < 4.78 is 6.43. The smallest absolute Gasteiger partial charge is 0.326 e. The van der Waals surface area contributed by atoms with Gasteiger partial charge < -0.3 is 14.4 Å². The van der Waals surface area contributed by atoms with E-state index in [1.165, 1.54) is 12.1 Å². The largest absolute Gasteiger partial charge is 0.480 e. The molecule has 0 amide bonds. The van der Waals surface area contributed by atoms with Gasteiger partial charge in [0.05, 0.1) is 11.5 Å². The average molecular weight is 519 g/mol. The number of rotatable bonds is 9. The molecule has 2 aromatic carbocycles. The molecule has 176 valence electrons. The van der Waals surface area contributed by atoms with E-state index in [-0.39, 0.29) is 11.7 Å². The molecule has 1 N–H and O–H groups in total. The zero-order chi connectivity index (χ0) is 24.4. The van der Waals surface area contributed by atoms with Crippen molar-refractivity contribution in [1.82, 2.24) is 4.57 Å². The third-order valence-corrected chi connectivity index (χ3v) is 5.47. The molecule has 0 bridgehead atoms. The second-order valence-corrected chi connectivity index (χ2v) is 7.92. The van der Waals surface area contributed by atoms with Crippen LogP contribution < -0.4 is 0 Å². The van der Waals surface area contributed by atoms with E-state index >= 15 is 0 Å². The number of benzene rings is 2. The van der Waals surface area contributed by atoms with Crippen LogP contribution in [0.5, 0.6) is 0 Å². The Bertz CT molecular complexity index is 1100. The fraction of sp³-hybridized carbons (Fsp3) is 0.333. The van der Waals surface area contributed by atoms with Crippen molar-refractivity contribution < 1.29 is 24.4 Å². The molecule has 0 radical (unpaired) electrons. The molecule has 0 aliphatic rings. The molecule has 0 saturated carbocycles. The highest BCUT2D eigenvalue weighted by Gasteiger charge is 2.24. The Morgan fingerprint density at radius 3 is 2.39 bits per heavy atom. The number of nitro benzene ring substituents is 1. The van der Waals surface area contributed by atoms with Crippen LogP contribution in [0.4, 0.5) is 5.69 Å². The van der Waals surface area contributed by atoms with Gasteiger partial charge in [0.25, 0.3) is 5.69 Å². The van der Waals surface area contributed by atoms with Crippen molar-refractivity contribution in [2.24, 2.45) is 0 Å². The molecular weight excluding hydrogens is 492 g/mol. The van der Waals surface area contributed by atoms with E-state index in [9.17, 15) is 24.8 Å². The van der Waals surface area contributed by atoms with Crippen molar-refractivity contribution in [3.63, 3.8) is 0 Å². The van der Waals surface area contributed by atoms with Crippen LogP contribution in [0.15, 0.2) is 54.6 Å². The number of alkyl halides is 1. The number of nitrogens with zero attached hydrogens (tertiary/aromatic N) is 2. The summed E-state index contributed by atoms with van der Waals surface area (Å²) in [5.74, 6) is -1.03. The fourth-order valence-corrected chi connectivity index (χ4v) is 3.70. The highest BCUT2D eigenvalue weighted by Crippen LogP contribution is 2.34. The molecule has 0 aliphatic heterocycles. The Morgan fingerprint density at radius 1 is 1.15 bits per heavy atom. The Labute approximate surface area is 200 Å². The van der Waals surface area contributed by atoms with Crippen LogP contribution in [-0.2, 0) is 14.3 Å². The first-order valence-electron chi connectivity index (χ1n) is 10.6. The monoisotopic (exact) mass is 518 g/mol. The van der Waals surface area contributed by atoms with Gasteiger partial charge >= 0.3 is 11.9 Å². The van der Waals surface area contributed by atoms with Gasteiger partial charge in [0.1, 0.15) is 6.04 Å². The van der Waals surface area contributed by atoms with Gasteiger partial charge in [0, 0.05) is 40.5 Å². The van der Waals surface area contributed by atoms with E-state index in [4.69, 9.17) is 0 Å². The second-order valence-electron chi connectivity index (χ2n) is 7.13. The standard InChI is InChI=1S/C18H16N2O4.C6H11BrO2/c1-2-15(18(21)22)19-16-9-8-14(20(23)24)10-13(16)11-17(19)12-6-4-3-5-7-12;1-2-9-6(8)4-3-5-7/h3-11,15H,2H2,1H3,(H,21,22);2-5H2,1H3. The third kappa shape index (κ3) is 6.89. The molecule has 33 heavy (non-hydrogen) atoms. The van der Waals surface area contributed by atoms with E-state index in [1.54, 1.807) is 10.6 Å². The normalized spacial score (nSPS) is 11.4. The number of carbonyl (C=O) groups excluding carboxylic acids is 1. The van der Waals surface area contributed by atoms with E-state index in [0.29, 0.717) is 30.4 Å². The molecule has 0 spiro atoms. The lowest BCUT2D eigenvalue weighted by molar-refractivity contribution is -0.384. The number of ether oxygens (including phenoxy) is 1. The van der Waals surface area contributed by atoms with Crippen molar-refractivity contribution in [3.8, 4) is 11.3 Å². The van der Waals surface area contributed by atoms with Crippen molar-refractivity contribution in [2.75, 3.05) is 11.9 Å². The number of halogens is 1. The van der Waals surface area contributed by atoms with Gasteiger partial charge in [-0.1, -0.05) is 53.2 Å². The highest BCUT2D eigenvalue weighted by molar-refractivity contribution is 9.09. The molecule has 8 nitrogen and oxygen atoms in total. The number of nitro groups is 1. The summed E-state index contributed by atoms with van der Waals surface area (Å²) in [5, 5.41) is 22.1. The Morgan fingerprint density at radius 2 is 1.85 bits per heavy atom. The number of fused-ring (bicyclic) bond motifs is 1. The quantitative estimate of drug-likeness (QED) is 0.161. The van der Waals surface area contributed by atoms with Gasteiger partial charge in [0.15, 0.2) is 0 Å². The van der Waals surface area contributed by atoms with Crippen molar-refractivity contribution in [2.45, 2.75) is 39.2 Å². The molecule has 1 heterocycles. The number of carbonyl (C=O) groups is 2. The van der Waals surface area contributed by atoms with Gasteiger partial charge in [-0.05, 0) is 37.5 Å². The second kappa shape index (κ2) is 12.7. The maximum atomic E-state index is 11.7. The zero-order valence-electron chi connectivity index (χ0n) is 18.6. The van der Waals surface area contributed by atoms with Gasteiger partial charge in [0.2, 0.25) is 0 Å². The Hall–Kier alpha value is -3.20. The summed E-state index contributed by atoms with van der Waals surface area (Å²) in [5.41, 5.74) is 2.27. The molecule has 0 saturated heterocycles. The number of hydrogen-bond donors (Lipinski definition) is 1. The topological polar surface area (TPSA) is 112 Å². The zero-order valence-corrected chi connectivity index (χ0v) is 20.2. The summed E-state index contributed by atoms with van der Waals surface area (Å²) in [6.45, 7) is 4.11. The van der Waals surface area contributed by atoms with Crippen LogP contribution in [0, 0.1) is 10.1 Å². The Balaban J connectivity index is 0.000000365. The van der Waals surface area contributed by atoms with Crippen LogP contribution in [0.25, 0.3) is 22.2 Å². The summed E-state index contributed by atoms with van der Waals surface area (Å²) in [4.78, 5) is 32.8. The van der Waals surface area contributed by atoms with Gasteiger partial charge in [-0.15, -0.1) is 0 Å². The van der Waals surface area contributed by atoms with Crippen molar-refractivity contribution in [3.05, 3.63) is 64.7 Å². The minimum absolute atomic E-state index is 0.0114. The SMILES string of the molecule is CCC(C(=O)O)n1c(-c2ccccc2)cc2cc([N+](=O)[O-])ccc21.CCOC(=O)CCCBr. The maximum absolute atomic E-state index is 11.7. The lowest BCUT2D eigenvalue weighted by atomic mass is 10.1. The van der Waals surface area contributed by atoms with Gasteiger partial charge in [-0.3, -0.25) is 14.9 Å². The maximum Gasteiger partial charge on any atom is 0.326 e. The Kier molecular flexibility index (Phi) is 10.1. The van der Waals surface area contributed by atoms with Gasteiger partial charge in [-0.2, -0.15) is 0 Å². The number of carboxylic acid groups (broad SMARTS) is 1. The summed E-state index contributed by atoms with van der Waals surface area (Å²) in [7, 11) is 0. The first-order chi connectivity index (χ1) is 15.8. The summed E-state index contributed by atoms with van der Waals surface area (Å²) >= 11 is 3.22. The van der Waals surface area contributed by atoms with E-state index in [0.717, 1.165) is 23.0 Å². The molecule has 3 aromatic rings. The van der Waals surface area contributed by atoms with Crippen LogP contribution in [-0.4, -0.2) is 38.5 Å². The highest BCUT2D eigenvalue weighted by atomic mass is 79.9. The van der Waals surface area contributed by atoms with E-state index < -0.39 is 16.9 Å². The predicted molar refractivity (Wildman–Crippen MR) is 131 cm³/mol. The molecule has 1 unspecified atom stereocenters. The molecule has 0 aliphatic carbocycles. The summed E-state index contributed by atoms with van der Waals surface area (Å²) in [6.07, 6.45) is 1.80. The number of carboxylic acids is 1. The number of esters is 1. The van der Waals surface area contributed by atoms with Crippen molar-refractivity contribution >= 4 is 44.5 Å². The van der Waals surface area contributed by atoms with Crippen LogP contribution in [0.3, 0.4) is 0 Å². The van der Waals surface area contributed by atoms with Gasteiger partial charge in [-0.25, -0.2) is 4.79 Å². The van der Waals surface area contributed by atoms with E-state index in [2.05, 4.69) is 20.7 Å². The lowest BCUT2D eigenvalue weighted by Crippen LogP contribution is -2.18. The van der Waals surface area contributed by atoms with Crippen LogP contribution in [0.1, 0.15) is 39.2 Å². The lowest BCUT2D eigenvalue weighted by Gasteiger charge is -2.18. The summed E-state index contributed by atoms with van der Waals surface area (Å²) in [6, 6.07) is 15.0. The first kappa shape index (κ1) is 26.1. The van der Waals surface area contributed by atoms with Crippen LogP contribution in [0.2, 0.25) is 0 Å². The molecule has 3 rings (SSSR count). The molecular formula is C24H27BrN2O6. The van der Waals surface area contributed by atoms with E-state index in [1.807, 2.05) is 50.2 Å². The third-order valence-electron chi connectivity index (χ3n) is 4.91. The predicted octanol–water partition coefficient (Wildman–Crippen LogP) is 5.98. The number of aliphatic carboxylic acids is 1.